The van der Waals surface area contributed by atoms with Crippen molar-refractivity contribution in [3.63, 3.8) is 0 Å². The molecule has 1 aliphatic rings. The first-order valence-electron chi connectivity index (χ1n) is 9.52. The third kappa shape index (κ3) is 4.61. The predicted molar refractivity (Wildman–Crippen MR) is 116 cm³/mol. The van der Waals surface area contributed by atoms with Gasteiger partial charge in [-0.05, 0) is 29.3 Å². The van der Waals surface area contributed by atoms with Gasteiger partial charge in [-0.25, -0.2) is 8.42 Å². The molecule has 1 aromatic carbocycles. The van der Waals surface area contributed by atoms with Gasteiger partial charge in [0.25, 0.3) is 5.91 Å². The van der Waals surface area contributed by atoms with Crippen LogP contribution in [0, 0.1) is 0 Å². The first-order chi connectivity index (χ1) is 15.1. The summed E-state index contributed by atoms with van der Waals surface area (Å²) in [5.41, 5.74) is 1.60. The van der Waals surface area contributed by atoms with Crippen molar-refractivity contribution in [3.8, 4) is 11.5 Å². The summed E-state index contributed by atoms with van der Waals surface area (Å²) in [6.45, 7) is 0.429. The summed E-state index contributed by atoms with van der Waals surface area (Å²) in [5.74, 6) is 0.548. The minimum absolute atomic E-state index is 0.0471. The maximum Gasteiger partial charge on any atom is 0.276 e. The van der Waals surface area contributed by atoms with Crippen LogP contribution in [0.2, 0.25) is 5.28 Å². The lowest BCUT2D eigenvalue weighted by molar-refractivity contribution is 0.0311. The number of carbonyl (C=O) groups is 1. The Morgan fingerprint density at radius 2 is 1.78 bits per heavy atom. The molecular formula is C19H21ClN6O5S. The van der Waals surface area contributed by atoms with E-state index in [0.29, 0.717) is 22.6 Å². The number of hydrogen-bond donors (Lipinski definition) is 0. The van der Waals surface area contributed by atoms with E-state index in [1.807, 2.05) is 0 Å². The molecule has 1 aliphatic heterocycles. The average Bonchev–Trinajstić information content (AvgIpc) is 3.31. The van der Waals surface area contributed by atoms with Crippen molar-refractivity contribution < 1.29 is 22.4 Å². The zero-order valence-electron chi connectivity index (χ0n) is 17.6. The highest BCUT2D eigenvalue weighted by atomic mass is 35.5. The fraction of sp³-hybridized carbons (Fsp3) is 0.368. The maximum absolute atomic E-state index is 12.9. The zero-order valence-corrected chi connectivity index (χ0v) is 19.2. The molecule has 3 heterocycles. The van der Waals surface area contributed by atoms with Crippen molar-refractivity contribution in [2.45, 2.75) is 12.3 Å². The number of sulfone groups is 1. The molecule has 0 radical (unpaired) electrons. The average molecular weight is 481 g/mol. The molecule has 0 aliphatic carbocycles. The number of anilines is 1. The highest BCUT2D eigenvalue weighted by Gasteiger charge is 2.30. The molecule has 0 fully saturated rings. The Kier molecular flexibility index (Phi) is 5.93. The molecule has 0 atom stereocenters. The number of benzene rings is 1. The van der Waals surface area contributed by atoms with Crippen LogP contribution in [0.3, 0.4) is 0 Å². The maximum atomic E-state index is 12.9. The Labute approximate surface area is 189 Å². The van der Waals surface area contributed by atoms with Gasteiger partial charge < -0.3 is 19.0 Å². The van der Waals surface area contributed by atoms with E-state index in [4.69, 9.17) is 20.8 Å². The molecule has 3 aromatic rings. The first-order valence-corrected chi connectivity index (χ1v) is 12.0. The topological polar surface area (TPSA) is 124 Å². The van der Waals surface area contributed by atoms with E-state index in [0.717, 1.165) is 0 Å². The minimum Gasteiger partial charge on any atom is -0.419 e. The van der Waals surface area contributed by atoms with Crippen LogP contribution in [0.5, 0.6) is 0 Å². The number of imidazole rings is 1. The van der Waals surface area contributed by atoms with Crippen LogP contribution in [0.15, 0.2) is 28.7 Å². The van der Waals surface area contributed by atoms with Gasteiger partial charge in [-0.15, -0.1) is 10.2 Å². The van der Waals surface area contributed by atoms with Gasteiger partial charge in [0.15, 0.2) is 21.3 Å². The smallest absolute Gasteiger partial charge is 0.276 e. The molecule has 0 bridgehead atoms. The van der Waals surface area contributed by atoms with Crippen LogP contribution < -0.4 is 4.90 Å². The molecule has 1 amide bonds. The van der Waals surface area contributed by atoms with Gasteiger partial charge in [0, 0.05) is 25.9 Å². The van der Waals surface area contributed by atoms with E-state index in [9.17, 15) is 13.2 Å². The molecule has 13 heteroatoms. The number of amides is 1. The second-order valence-corrected chi connectivity index (χ2v) is 10.0. The van der Waals surface area contributed by atoms with Crippen LogP contribution in [-0.2, 0) is 26.9 Å². The summed E-state index contributed by atoms with van der Waals surface area (Å²) in [6, 6.07) is 6.82. The van der Waals surface area contributed by atoms with E-state index in [2.05, 4.69) is 15.2 Å². The largest absolute Gasteiger partial charge is 0.419 e. The number of ether oxygens (including phenoxy) is 1. The molecule has 170 valence electrons. The van der Waals surface area contributed by atoms with Gasteiger partial charge in [0.05, 0.1) is 5.75 Å². The summed E-state index contributed by atoms with van der Waals surface area (Å²) in [6.07, 6.45) is 1.18. The van der Waals surface area contributed by atoms with Gasteiger partial charge in [0.1, 0.15) is 20.0 Å². The summed E-state index contributed by atoms with van der Waals surface area (Å²) in [4.78, 5) is 20.3. The molecule has 11 nitrogen and oxygen atoms in total. The summed E-state index contributed by atoms with van der Waals surface area (Å²) in [5, 5.41) is 8.23. The van der Waals surface area contributed by atoms with Crippen molar-refractivity contribution in [1.82, 2.24) is 24.6 Å². The second kappa shape index (κ2) is 8.52. The lowest BCUT2D eigenvalue weighted by atomic mass is 10.1. The number of halogens is 1. The van der Waals surface area contributed by atoms with Crippen molar-refractivity contribution in [3.05, 3.63) is 46.7 Å². The van der Waals surface area contributed by atoms with E-state index in [-0.39, 0.29) is 48.7 Å². The zero-order chi connectivity index (χ0) is 23.0. The summed E-state index contributed by atoms with van der Waals surface area (Å²) < 4.78 is 35.6. The summed E-state index contributed by atoms with van der Waals surface area (Å²) >= 11 is 6.34. The first kappa shape index (κ1) is 22.2. The lowest BCUT2D eigenvalue weighted by Crippen LogP contribution is -2.37. The monoisotopic (exact) mass is 480 g/mol. The molecule has 4 rings (SSSR count). The van der Waals surface area contributed by atoms with Gasteiger partial charge in [0.2, 0.25) is 17.1 Å². The van der Waals surface area contributed by atoms with Crippen LogP contribution >= 0.6 is 11.6 Å². The number of nitrogens with zero attached hydrogens (tertiary/aromatic N) is 6. The third-order valence-electron chi connectivity index (χ3n) is 4.77. The Bertz CT molecular complexity index is 1250. The van der Waals surface area contributed by atoms with E-state index < -0.39 is 9.84 Å². The van der Waals surface area contributed by atoms with Gasteiger partial charge >= 0.3 is 0 Å². The lowest BCUT2D eigenvalue weighted by Gasteiger charge is -2.26. The SMILES string of the molecule is CN1COCN(C)c2nc(Cl)n(Cc3nnc(-c4ccc(CS(C)(=O)=O)cc4)o3)c2C1=O. The number of rotatable bonds is 5. The number of fused-ring (bicyclic) bond motifs is 1. The Morgan fingerprint density at radius 1 is 1.09 bits per heavy atom. The summed E-state index contributed by atoms with van der Waals surface area (Å²) in [7, 11) is 0.256. The van der Waals surface area contributed by atoms with Crippen molar-refractivity contribution in [2.75, 3.05) is 38.7 Å². The second-order valence-electron chi connectivity index (χ2n) is 7.57. The van der Waals surface area contributed by atoms with Crippen LogP contribution in [-0.4, -0.2) is 72.8 Å². The predicted octanol–water partition coefficient (Wildman–Crippen LogP) is 1.63. The van der Waals surface area contributed by atoms with Crippen LogP contribution in [0.25, 0.3) is 11.5 Å². The number of carbonyl (C=O) groups excluding carboxylic acids is 1. The normalized spacial score (nSPS) is 14.9. The number of hydrogen-bond acceptors (Lipinski definition) is 9. The van der Waals surface area contributed by atoms with Crippen molar-refractivity contribution in [2.24, 2.45) is 0 Å². The molecule has 2 aromatic heterocycles. The molecule has 0 unspecified atom stereocenters. The van der Waals surface area contributed by atoms with Crippen molar-refractivity contribution >= 4 is 33.2 Å². The van der Waals surface area contributed by atoms with Gasteiger partial charge in [-0.3, -0.25) is 9.36 Å². The third-order valence-corrected chi connectivity index (χ3v) is 5.92. The quantitative estimate of drug-likeness (QED) is 0.535. The highest BCUT2D eigenvalue weighted by Crippen LogP contribution is 2.28. The van der Waals surface area contributed by atoms with E-state index in [1.54, 1.807) is 43.3 Å². The minimum atomic E-state index is -3.12. The van der Waals surface area contributed by atoms with Gasteiger partial charge in [-0.2, -0.15) is 4.98 Å². The Hall–Kier alpha value is -2.96. The van der Waals surface area contributed by atoms with E-state index >= 15 is 0 Å². The Morgan fingerprint density at radius 3 is 2.47 bits per heavy atom. The molecule has 32 heavy (non-hydrogen) atoms. The highest BCUT2D eigenvalue weighted by molar-refractivity contribution is 7.89. The van der Waals surface area contributed by atoms with Gasteiger partial charge in [-0.1, -0.05) is 12.1 Å². The van der Waals surface area contributed by atoms with E-state index in [1.165, 1.54) is 15.7 Å². The molecule has 0 saturated carbocycles. The molecule has 0 spiro atoms. The number of aromatic nitrogens is 4. The van der Waals surface area contributed by atoms with Crippen LogP contribution in [0.1, 0.15) is 21.9 Å². The standard InChI is InChI=1S/C19H21ClN6O5S/c1-24-10-30-11-25(2)18(27)15-16(24)21-19(20)26(15)8-14-22-23-17(31-14)13-6-4-12(5-7-13)9-32(3,28)29/h4-7H,8-11H2,1-3H3. The van der Waals surface area contributed by atoms with Crippen molar-refractivity contribution in [1.29, 1.82) is 0 Å². The fourth-order valence-electron chi connectivity index (χ4n) is 3.27. The van der Waals surface area contributed by atoms with Crippen LogP contribution in [0.4, 0.5) is 5.82 Å². The Balaban J connectivity index is 1.61. The molecular weight excluding hydrogens is 460 g/mol. The molecule has 0 N–H and O–H groups in total. The fourth-order valence-corrected chi connectivity index (χ4v) is 4.29. The molecule has 0 saturated heterocycles.